The van der Waals surface area contributed by atoms with Crippen molar-refractivity contribution < 1.29 is 19.1 Å². The molecular formula is C18H24N4O4. The molecule has 2 aliphatic rings. The van der Waals surface area contributed by atoms with Crippen molar-refractivity contribution in [3.05, 3.63) is 24.3 Å². The van der Waals surface area contributed by atoms with Crippen LogP contribution in [0.3, 0.4) is 0 Å². The number of fused-ring (bicyclic) bond motifs is 1. The minimum Gasteiger partial charge on any atom is -0.484 e. The van der Waals surface area contributed by atoms with E-state index < -0.39 is 0 Å². The Hall–Kier alpha value is -2.77. The molecule has 0 aliphatic carbocycles. The molecule has 2 atom stereocenters. The van der Waals surface area contributed by atoms with Crippen molar-refractivity contribution in [3.8, 4) is 5.75 Å². The summed E-state index contributed by atoms with van der Waals surface area (Å²) < 4.78 is 5.38. The predicted molar refractivity (Wildman–Crippen MR) is 95.9 cm³/mol. The number of ether oxygens (including phenoxy) is 1. The molecule has 2 saturated heterocycles. The fourth-order valence-corrected chi connectivity index (χ4v) is 3.43. The van der Waals surface area contributed by atoms with Crippen LogP contribution >= 0.6 is 0 Å². The zero-order chi connectivity index (χ0) is 18.5. The summed E-state index contributed by atoms with van der Waals surface area (Å²) in [5.74, 6) is 0.322. The molecular weight excluding hydrogens is 336 g/mol. The molecule has 2 fully saturated rings. The third-order valence-electron chi connectivity index (χ3n) is 4.71. The van der Waals surface area contributed by atoms with Gasteiger partial charge in [0.1, 0.15) is 5.75 Å². The molecule has 0 unspecified atom stereocenters. The molecule has 1 aromatic rings. The number of likely N-dealkylation sites (tertiary alicyclic amines) is 1. The highest BCUT2D eigenvalue weighted by Crippen LogP contribution is 2.28. The van der Waals surface area contributed by atoms with Gasteiger partial charge in [-0.1, -0.05) is 0 Å². The summed E-state index contributed by atoms with van der Waals surface area (Å²) in [6.45, 7) is 3.53. The maximum absolute atomic E-state index is 12.6. The van der Waals surface area contributed by atoms with Crippen molar-refractivity contribution in [2.24, 2.45) is 5.92 Å². The quantitative estimate of drug-likeness (QED) is 0.728. The summed E-state index contributed by atoms with van der Waals surface area (Å²) in [7, 11) is 0. The van der Waals surface area contributed by atoms with Crippen molar-refractivity contribution in [2.45, 2.75) is 25.8 Å². The number of rotatable bonds is 5. The Morgan fingerprint density at radius 2 is 2.08 bits per heavy atom. The first-order valence-corrected chi connectivity index (χ1v) is 8.93. The molecule has 3 rings (SSSR count). The Morgan fingerprint density at radius 3 is 2.81 bits per heavy atom. The Kier molecular flexibility index (Phi) is 5.60. The number of hydrogen-bond acceptors (Lipinski definition) is 4. The molecule has 0 radical (unpaired) electrons. The molecule has 2 aliphatic heterocycles. The fourth-order valence-electron chi connectivity index (χ4n) is 3.43. The average molecular weight is 360 g/mol. The summed E-state index contributed by atoms with van der Waals surface area (Å²) in [4.78, 5) is 37.5. The molecule has 8 heteroatoms. The maximum Gasteiger partial charge on any atom is 0.322 e. The monoisotopic (exact) mass is 360 g/mol. The third kappa shape index (κ3) is 4.07. The molecule has 1 aromatic carbocycles. The number of piperidine rings is 1. The molecule has 4 amide bonds. The van der Waals surface area contributed by atoms with Gasteiger partial charge in [0.05, 0.1) is 12.0 Å². The van der Waals surface area contributed by atoms with E-state index in [2.05, 4.69) is 16.0 Å². The molecule has 0 spiro atoms. The van der Waals surface area contributed by atoms with E-state index in [-0.39, 0.29) is 36.4 Å². The van der Waals surface area contributed by atoms with Crippen LogP contribution in [0.2, 0.25) is 0 Å². The third-order valence-corrected chi connectivity index (χ3v) is 4.71. The van der Waals surface area contributed by atoms with E-state index in [9.17, 15) is 14.4 Å². The number of anilines is 1. The van der Waals surface area contributed by atoms with Gasteiger partial charge in [-0.2, -0.15) is 0 Å². The average Bonchev–Trinajstić information content (AvgIpc) is 3.02. The zero-order valence-corrected chi connectivity index (χ0v) is 14.8. The van der Waals surface area contributed by atoms with Crippen molar-refractivity contribution >= 4 is 23.5 Å². The van der Waals surface area contributed by atoms with Crippen molar-refractivity contribution in [1.29, 1.82) is 0 Å². The summed E-state index contributed by atoms with van der Waals surface area (Å²) in [6, 6.07) is 6.58. The standard InChI is InChI=1S/C18H24N4O4/c1-2-19-16(23)11-26-13-7-5-12(6-8-13)21-18(25)22-9-3-4-14-15(22)10-20-17(14)24/h5-8,14-15H,2-4,9-11H2,1H3,(H,19,23)(H,20,24)(H,21,25)/t14-,15+/m1/s1. The van der Waals surface area contributed by atoms with E-state index in [1.165, 1.54) is 0 Å². The first-order chi connectivity index (χ1) is 12.6. The maximum atomic E-state index is 12.6. The van der Waals surface area contributed by atoms with Gasteiger partial charge in [-0.25, -0.2) is 4.79 Å². The second kappa shape index (κ2) is 8.07. The summed E-state index contributed by atoms with van der Waals surface area (Å²) in [5.41, 5.74) is 0.639. The lowest BCUT2D eigenvalue weighted by Crippen LogP contribution is -2.50. The number of urea groups is 1. The highest BCUT2D eigenvalue weighted by atomic mass is 16.5. The fraction of sp³-hybridized carbons (Fsp3) is 0.500. The molecule has 0 bridgehead atoms. The highest BCUT2D eigenvalue weighted by Gasteiger charge is 2.42. The van der Waals surface area contributed by atoms with Gasteiger partial charge in [0, 0.05) is 25.3 Å². The Bertz CT molecular complexity index is 676. The van der Waals surface area contributed by atoms with E-state index in [1.54, 1.807) is 29.2 Å². The Balaban J connectivity index is 1.54. The summed E-state index contributed by atoms with van der Waals surface area (Å²) in [5, 5.41) is 8.36. The minimum absolute atomic E-state index is 0.0427. The molecule has 140 valence electrons. The summed E-state index contributed by atoms with van der Waals surface area (Å²) >= 11 is 0. The minimum atomic E-state index is -0.202. The number of carbonyl (C=O) groups excluding carboxylic acids is 3. The summed E-state index contributed by atoms with van der Waals surface area (Å²) in [6.07, 6.45) is 1.66. The van der Waals surface area contributed by atoms with Crippen LogP contribution in [0.4, 0.5) is 10.5 Å². The first-order valence-electron chi connectivity index (χ1n) is 8.93. The Morgan fingerprint density at radius 1 is 1.31 bits per heavy atom. The van der Waals surface area contributed by atoms with Gasteiger partial charge in [0.2, 0.25) is 5.91 Å². The van der Waals surface area contributed by atoms with Gasteiger partial charge in [-0.05, 0) is 44.0 Å². The smallest absolute Gasteiger partial charge is 0.322 e. The van der Waals surface area contributed by atoms with E-state index in [0.29, 0.717) is 31.1 Å². The number of hydrogen-bond donors (Lipinski definition) is 3. The molecule has 3 N–H and O–H groups in total. The van der Waals surface area contributed by atoms with Gasteiger partial charge < -0.3 is 25.6 Å². The van der Waals surface area contributed by atoms with E-state index in [0.717, 1.165) is 12.8 Å². The van der Waals surface area contributed by atoms with Crippen LogP contribution in [0.15, 0.2) is 24.3 Å². The van der Waals surface area contributed by atoms with Crippen molar-refractivity contribution in [2.75, 3.05) is 31.6 Å². The number of nitrogens with one attached hydrogen (secondary N) is 3. The van der Waals surface area contributed by atoms with Crippen LogP contribution in [0.1, 0.15) is 19.8 Å². The molecule has 26 heavy (non-hydrogen) atoms. The molecule has 0 saturated carbocycles. The highest BCUT2D eigenvalue weighted by molar-refractivity contribution is 5.91. The lowest BCUT2D eigenvalue weighted by Gasteiger charge is -2.35. The van der Waals surface area contributed by atoms with Gasteiger partial charge in [0.25, 0.3) is 5.91 Å². The Labute approximate surface area is 152 Å². The van der Waals surface area contributed by atoms with Gasteiger partial charge in [0.15, 0.2) is 6.61 Å². The van der Waals surface area contributed by atoms with Gasteiger partial charge >= 0.3 is 6.03 Å². The second-order valence-corrected chi connectivity index (χ2v) is 6.45. The van der Waals surface area contributed by atoms with Crippen LogP contribution in [0, 0.1) is 5.92 Å². The predicted octanol–water partition coefficient (Wildman–Crippen LogP) is 0.944. The van der Waals surface area contributed by atoms with Crippen LogP contribution in [0.25, 0.3) is 0 Å². The molecule has 8 nitrogen and oxygen atoms in total. The van der Waals surface area contributed by atoms with E-state index in [1.807, 2.05) is 6.92 Å². The van der Waals surface area contributed by atoms with Crippen LogP contribution in [-0.2, 0) is 9.59 Å². The van der Waals surface area contributed by atoms with E-state index in [4.69, 9.17) is 4.74 Å². The van der Waals surface area contributed by atoms with Crippen molar-refractivity contribution in [1.82, 2.24) is 15.5 Å². The zero-order valence-electron chi connectivity index (χ0n) is 14.8. The van der Waals surface area contributed by atoms with Crippen molar-refractivity contribution in [3.63, 3.8) is 0 Å². The van der Waals surface area contributed by atoms with Gasteiger partial charge in [-0.15, -0.1) is 0 Å². The van der Waals surface area contributed by atoms with Gasteiger partial charge in [-0.3, -0.25) is 9.59 Å². The molecule has 0 aromatic heterocycles. The van der Waals surface area contributed by atoms with Crippen LogP contribution < -0.4 is 20.7 Å². The topological polar surface area (TPSA) is 99.8 Å². The van der Waals surface area contributed by atoms with E-state index >= 15 is 0 Å². The largest absolute Gasteiger partial charge is 0.484 e. The number of nitrogens with zero attached hydrogens (tertiary/aromatic N) is 1. The number of carbonyl (C=O) groups is 3. The first kappa shape index (κ1) is 18.0. The van der Waals surface area contributed by atoms with Crippen LogP contribution in [-0.4, -0.2) is 55.0 Å². The number of likely N-dealkylation sites (N-methyl/N-ethyl adjacent to an activating group) is 1. The number of amides is 4. The lowest BCUT2D eigenvalue weighted by atomic mass is 9.92. The SMILES string of the molecule is CCNC(=O)COc1ccc(NC(=O)N2CCC[C@H]3C(=O)NC[C@@H]32)cc1. The second-order valence-electron chi connectivity index (χ2n) is 6.45. The normalized spacial score (nSPS) is 21.6. The molecule has 2 heterocycles. The number of benzene rings is 1. The lowest BCUT2D eigenvalue weighted by molar-refractivity contribution is -0.124. The van der Waals surface area contributed by atoms with Crippen LogP contribution in [0.5, 0.6) is 5.75 Å².